The summed E-state index contributed by atoms with van der Waals surface area (Å²) in [5.41, 5.74) is 0.254. The van der Waals surface area contributed by atoms with Gasteiger partial charge in [-0.15, -0.1) is 0 Å². The lowest BCUT2D eigenvalue weighted by Gasteiger charge is -2.50. The molecule has 2 fully saturated rings. The maximum Gasteiger partial charge on any atom is 0.0480 e. The average molecular weight is 240 g/mol. The minimum atomic E-state index is 0.254. The molecule has 0 aliphatic carbocycles. The van der Waals surface area contributed by atoms with Crippen molar-refractivity contribution in [2.45, 2.75) is 58.2 Å². The Balaban J connectivity index is 2.06. The molecule has 0 spiro atoms. The molecule has 0 aromatic heterocycles. The van der Waals surface area contributed by atoms with E-state index in [0.717, 1.165) is 31.7 Å². The van der Waals surface area contributed by atoms with E-state index in [1.54, 1.807) is 0 Å². The zero-order chi connectivity index (χ0) is 12.5. The second kappa shape index (κ2) is 5.25. The number of hydrogen-bond donors (Lipinski definition) is 1. The van der Waals surface area contributed by atoms with Gasteiger partial charge < -0.3 is 10.1 Å². The molecule has 1 unspecified atom stereocenters. The SMILES string of the molecule is CC(C)C1CNC(C)(C)CN1C1CCOCC1. The summed E-state index contributed by atoms with van der Waals surface area (Å²) in [5.74, 6) is 0.724. The molecule has 3 nitrogen and oxygen atoms in total. The van der Waals surface area contributed by atoms with Gasteiger partial charge in [-0.2, -0.15) is 0 Å². The summed E-state index contributed by atoms with van der Waals surface area (Å²) >= 11 is 0. The van der Waals surface area contributed by atoms with Crippen LogP contribution in [-0.4, -0.2) is 48.8 Å². The van der Waals surface area contributed by atoms with E-state index in [4.69, 9.17) is 4.74 Å². The molecular weight excluding hydrogens is 212 g/mol. The van der Waals surface area contributed by atoms with E-state index < -0.39 is 0 Å². The third-order valence-electron chi connectivity index (χ3n) is 4.22. The summed E-state index contributed by atoms with van der Waals surface area (Å²) in [4.78, 5) is 2.75. The van der Waals surface area contributed by atoms with Gasteiger partial charge in [-0.25, -0.2) is 0 Å². The first kappa shape index (κ1) is 13.3. The van der Waals surface area contributed by atoms with Crippen LogP contribution in [-0.2, 0) is 4.74 Å². The number of hydrogen-bond acceptors (Lipinski definition) is 3. The predicted octanol–water partition coefficient (Wildman–Crippen LogP) is 1.87. The Hall–Kier alpha value is -0.120. The van der Waals surface area contributed by atoms with Crippen molar-refractivity contribution >= 4 is 0 Å². The van der Waals surface area contributed by atoms with Crippen LogP contribution in [0.4, 0.5) is 0 Å². The quantitative estimate of drug-likeness (QED) is 0.797. The summed E-state index contributed by atoms with van der Waals surface area (Å²) in [5, 5.41) is 3.69. The highest BCUT2D eigenvalue weighted by Gasteiger charge is 2.37. The monoisotopic (exact) mass is 240 g/mol. The number of ether oxygens (including phenoxy) is 1. The summed E-state index contributed by atoms with van der Waals surface area (Å²) in [6.07, 6.45) is 2.42. The molecule has 0 bridgehead atoms. The lowest BCUT2D eigenvalue weighted by Crippen LogP contribution is -2.65. The van der Waals surface area contributed by atoms with Gasteiger partial charge in [0, 0.05) is 43.9 Å². The van der Waals surface area contributed by atoms with Gasteiger partial charge in [0.2, 0.25) is 0 Å². The number of nitrogens with one attached hydrogen (secondary N) is 1. The van der Waals surface area contributed by atoms with E-state index in [2.05, 4.69) is 37.9 Å². The molecule has 100 valence electrons. The second-order valence-electron chi connectivity index (χ2n) is 6.59. The largest absolute Gasteiger partial charge is 0.381 e. The predicted molar refractivity (Wildman–Crippen MR) is 71.3 cm³/mol. The zero-order valence-corrected chi connectivity index (χ0v) is 11.8. The van der Waals surface area contributed by atoms with Crippen LogP contribution in [0.3, 0.4) is 0 Å². The van der Waals surface area contributed by atoms with Crippen LogP contribution < -0.4 is 5.32 Å². The third-order valence-corrected chi connectivity index (χ3v) is 4.22. The topological polar surface area (TPSA) is 24.5 Å². The van der Waals surface area contributed by atoms with Crippen molar-refractivity contribution in [2.24, 2.45) is 5.92 Å². The number of rotatable bonds is 2. The van der Waals surface area contributed by atoms with Gasteiger partial charge in [0.15, 0.2) is 0 Å². The van der Waals surface area contributed by atoms with Gasteiger partial charge >= 0.3 is 0 Å². The molecule has 2 aliphatic rings. The molecule has 0 aromatic carbocycles. The number of piperazine rings is 1. The molecule has 0 radical (unpaired) electrons. The van der Waals surface area contributed by atoms with E-state index in [0.29, 0.717) is 6.04 Å². The molecule has 0 aromatic rings. The van der Waals surface area contributed by atoms with Crippen molar-refractivity contribution in [1.82, 2.24) is 10.2 Å². The zero-order valence-electron chi connectivity index (χ0n) is 11.8. The smallest absolute Gasteiger partial charge is 0.0480 e. The Morgan fingerprint density at radius 2 is 1.88 bits per heavy atom. The molecule has 17 heavy (non-hydrogen) atoms. The van der Waals surface area contributed by atoms with E-state index in [-0.39, 0.29) is 5.54 Å². The van der Waals surface area contributed by atoms with Gasteiger partial charge in [0.05, 0.1) is 0 Å². The van der Waals surface area contributed by atoms with E-state index in [1.165, 1.54) is 19.4 Å². The Bertz CT molecular complexity index is 247. The average Bonchev–Trinajstić information content (AvgIpc) is 2.28. The highest BCUT2D eigenvalue weighted by atomic mass is 16.5. The molecular formula is C14H28N2O. The first-order valence-corrected chi connectivity index (χ1v) is 7.08. The van der Waals surface area contributed by atoms with Gasteiger partial charge in [-0.05, 0) is 32.6 Å². The highest BCUT2D eigenvalue weighted by Crippen LogP contribution is 2.26. The summed E-state index contributed by atoms with van der Waals surface area (Å²) in [6.45, 7) is 13.5. The molecule has 0 amide bonds. The highest BCUT2D eigenvalue weighted by molar-refractivity contribution is 4.96. The summed E-state index contributed by atoms with van der Waals surface area (Å²) < 4.78 is 5.50. The Morgan fingerprint density at radius 3 is 2.47 bits per heavy atom. The van der Waals surface area contributed by atoms with Gasteiger partial charge in [-0.3, -0.25) is 4.90 Å². The maximum atomic E-state index is 5.50. The molecule has 2 aliphatic heterocycles. The lowest BCUT2D eigenvalue weighted by atomic mass is 9.90. The van der Waals surface area contributed by atoms with Crippen LogP contribution in [0.25, 0.3) is 0 Å². The minimum absolute atomic E-state index is 0.254. The van der Waals surface area contributed by atoms with Crippen LogP contribution in [0.1, 0.15) is 40.5 Å². The first-order chi connectivity index (χ1) is 7.99. The molecule has 0 saturated carbocycles. The van der Waals surface area contributed by atoms with E-state index in [1.807, 2.05) is 0 Å². The fraction of sp³-hybridized carbons (Fsp3) is 1.00. The van der Waals surface area contributed by atoms with Gasteiger partial charge in [0.1, 0.15) is 0 Å². The maximum absolute atomic E-state index is 5.50. The molecule has 1 N–H and O–H groups in total. The van der Waals surface area contributed by atoms with Crippen LogP contribution in [0.2, 0.25) is 0 Å². The van der Waals surface area contributed by atoms with Crippen molar-refractivity contribution in [2.75, 3.05) is 26.3 Å². The van der Waals surface area contributed by atoms with Gasteiger partial charge in [-0.1, -0.05) is 13.8 Å². The Labute approximate surface area is 106 Å². The van der Waals surface area contributed by atoms with Crippen LogP contribution in [0, 0.1) is 5.92 Å². The van der Waals surface area contributed by atoms with Crippen molar-refractivity contribution < 1.29 is 4.74 Å². The number of nitrogens with zero attached hydrogens (tertiary/aromatic N) is 1. The van der Waals surface area contributed by atoms with E-state index in [9.17, 15) is 0 Å². The van der Waals surface area contributed by atoms with Crippen molar-refractivity contribution in [3.63, 3.8) is 0 Å². The van der Waals surface area contributed by atoms with Crippen LogP contribution in [0.5, 0.6) is 0 Å². The lowest BCUT2D eigenvalue weighted by molar-refractivity contribution is -0.0221. The first-order valence-electron chi connectivity index (χ1n) is 7.08. The normalized spacial score (nSPS) is 31.9. The van der Waals surface area contributed by atoms with Crippen molar-refractivity contribution in [1.29, 1.82) is 0 Å². The molecule has 2 rings (SSSR count). The van der Waals surface area contributed by atoms with Gasteiger partial charge in [0.25, 0.3) is 0 Å². The molecule has 3 heteroatoms. The molecule has 2 saturated heterocycles. The van der Waals surface area contributed by atoms with E-state index >= 15 is 0 Å². The third kappa shape index (κ3) is 3.21. The minimum Gasteiger partial charge on any atom is -0.381 e. The van der Waals surface area contributed by atoms with Crippen molar-refractivity contribution in [3.05, 3.63) is 0 Å². The van der Waals surface area contributed by atoms with Crippen molar-refractivity contribution in [3.8, 4) is 0 Å². The van der Waals surface area contributed by atoms with Crippen LogP contribution in [0.15, 0.2) is 0 Å². The standard InChI is InChI=1S/C14H28N2O/c1-11(2)13-9-15-14(3,4)10-16(13)12-5-7-17-8-6-12/h11-13,15H,5-10H2,1-4H3. The Kier molecular flexibility index (Phi) is 4.11. The van der Waals surface area contributed by atoms with Crippen LogP contribution >= 0.6 is 0 Å². The summed E-state index contributed by atoms with van der Waals surface area (Å²) in [7, 11) is 0. The fourth-order valence-corrected chi connectivity index (χ4v) is 3.16. The molecule has 1 atom stereocenters. The Morgan fingerprint density at radius 1 is 1.24 bits per heavy atom. The molecule has 2 heterocycles. The fourth-order valence-electron chi connectivity index (χ4n) is 3.16. The summed E-state index contributed by atoms with van der Waals surface area (Å²) in [6, 6.07) is 1.42. The second-order valence-corrected chi connectivity index (χ2v) is 6.59.